The number of aromatic nitrogens is 2. The number of hydrogen-bond donors (Lipinski definition) is 2. The van der Waals surface area contributed by atoms with Gasteiger partial charge in [0, 0.05) is 19.0 Å². The van der Waals surface area contributed by atoms with Gasteiger partial charge < -0.3 is 10.3 Å². The van der Waals surface area contributed by atoms with Gasteiger partial charge in [-0.2, -0.15) is 0 Å². The van der Waals surface area contributed by atoms with E-state index in [0.717, 1.165) is 6.42 Å². The second-order valence-electron chi connectivity index (χ2n) is 4.27. The molecule has 0 atom stereocenters. The van der Waals surface area contributed by atoms with Gasteiger partial charge in [-0.25, -0.2) is 4.98 Å². The fourth-order valence-corrected chi connectivity index (χ4v) is 1.66. The van der Waals surface area contributed by atoms with Crippen LogP contribution in [0.15, 0.2) is 35.1 Å². The van der Waals surface area contributed by atoms with Crippen molar-refractivity contribution in [2.75, 3.05) is 5.32 Å². The van der Waals surface area contributed by atoms with E-state index in [-0.39, 0.29) is 5.56 Å². The molecule has 0 aliphatic carbocycles. The van der Waals surface area contributed by atoms with Crippen LogP contribution < -0.4 is 10.9 Å². The minimum atomic E-state index is -0.117. The monoisotopic (exact) mass is 243 g/mol. The van der Waals surface area contributed by atoms with E-state index in [1.165, 1.54) is 17.2 Å². The van der Waals surface area contributed by atoms with Crippen molar-refractivity contribution in [2.24, 2.45) is 0 Å². The van der Waals surface area contributed by atoms with Crippen molar-refractivity contribution in [3.05, 3.63) is 57.6 Å². The van der Waals surface area contributed by atoms with Crippen molar-refractivity contribution in [1.29, 1.82) is 0 Å². The summed E-state index contributed by atoms with van der Waals surface area (Å²) in [6.45, 7) is 4.69. The van der Waals surface area contributed by atoms with E-state index in [9.17, 15) is 4.79 Å². The standard InChI is InChI=1S/C14H17N3O/c1-3-12-16-13(8-14(18)17-12)15-9-11-6-4-10(2)5-7-11/h4-8H,3,9H2,1-2H3,(H2,15,16,17,18). The lowest BCUT2D eigenvalue weighted by Gasteiger charge is -2.06. The molecule has 0 saturated heterocycles. The number of rotatable bonds is 4. The van der Waals surface area contributed by atoms with Crippen molar-refractivity contribution < 1.29 is 0 Å². The van der Waals surface area contributed by atoms with Gasteiger partial charge in [0.05, 0.1) is 0 Å². The number of anilines is 1. The maximum Gasteiger partial charge on any atom is 0.252 e. The average Bonchev–Trinajstić information content (AvgIpc) is 2.37. The molecule has 1 heterocycles. The first kappa shape index (κ1) is 12.4. The van der Waals surface area contributed by atoms with E-state index in [1.807, 2.05) is 6.92 Å². The maximum atomic E-state index is 11.4. The molecular formula is C14H17N3O. The zero-order valence-corrected chi connectivity index (χ0v) is 10.7. The van der Waals surface area contributed by atoms with Crippen LogP contribution in [0.25, 0.3) is 0 Å². The first-order valence-electron chi connectivity index (χ1n) is 6.07. The fourth-order valence-electron chi connectivity index (χ4n) is 1.66. The van der Waals surface area contributed by atoms with Gasteiger partial charge in [0.25, 0.3) is 5.56 Å². The highest BCUT2D eigenvalue weighted by Crippen LogP contribution is 2.06. The summed E-state index contributed by atoms with van der Waals surface area (Å²) < 4.78 is 0. The molecule has 0 amide bonds. The number of nitrogens with zero attached hydrogens (tertiary/aromatic N) is 1. The zero-order chi connectivity index (χ0) is 13.0. The Labute approximate surface area is 106 Å². The molecule has 1 aromatic heterocycles. The molecule has 0 saturated carbocycles. The second kappa shape index (κ2) is 5.49. The lowest BCUT2D eigenvalue weighted by atomic mass is 10.1. The molecule has 2 N–H and O–H groups in total. The predicted molar refractivity (Wildman–Crippen MR) is 72.7 cm³/mol. The van der Waals surface area contributed by atoms with E-state index in [2.05, 4.69) is 46.5 Å². The van der Waals surface area contributed by atoms with Crippen LogP contribution in [-0.2, 0) is 13.0 Å². The summed E-state index contributed by atoms with van der Waals surface area (Å²) in [6.07, 6.45) is 0.718. The number of aryl methyl sites for hydroxylation is 2. The Morgan fingerprint density at radius 2 is 2.00 bits per heavy atom. The molecule has 0 spiro atoms. The zero-order valence-electron chi connectivity index (χ0n) is 10.7. The summed E-state index contributed by atoms with van der Waals surface area (Å²) in [5.74, 6) is 1.32. The van der Waals surface area contributed by atoms with Crippen LogP contribution in [-0.4, -0.2) is 9.97 Å². The molecular weight excluding hydrogens is 226 g/mol. The highest BCUT2D eigenvalue weighted by Gasteiger charge is 1.99. The lowest BCUT2D eigenvalue weighted by Crippen LogP contribution is -2.13. The van der Waals surface area contributed by atoms with Gasteiger partial charge in [0.2, 0.25) is 0 Å². The fraction of sp³-hybridized carbons (Fsp3) is 0.286. The first-order chi connectivity index (χ1) is 8.67. The minimum Gasteiger partial charge on any atom is -0.366 e. The van der Waals surface area contributed by atoms with Gasteiger partial charge in [-0.05, 0) is 12.5 Å². The summed E-state index contributed by atoms with van der Waals surface area (Å²) >= 11 is 0. The molecule has 0 aliphatic rings. The average molecular weight is 243 g/mol. The van der Waals surface area contributed by atoms with Crippen molar-refractivity contribution in [2.45, 2.75) is 26.8 Å². The van der Waals surface area contributed by atoms with E-state index >= 15 is 0 Å². The summed E-state index contributed by atoms with van der Waals surface area (Å²) in [5, 5.41) is 3.16. The van der Waals surface area contributed by atoms with Crippen molar-refractivity contribution >= 4 is 5.82 Å². The number of benzene rings is 1. The maximum absolute atomic E-state index is 11.4. The molecule has 0 aliphatic heterocycles. The summed E-state index contributed by atoms with van der Waals surface area (Å²) in [6, 6.07) is 9.75. The SMILES string of the molecule is CCc1nc(NCc2ccc(C)cc2)cc(=O)[nH]1. The molecule has 0 fully saturated rings. The largest absolute Gasteiger partial charge is 0.366 e. The molecule has 18 heavy (non-hydrogen) atoms. The minimum absolute atomic E-state index is 0.117. The normalized spacial score (nSPS) is 10.3. The van der Waals surface area contributed by atoms with E-state index in [0.29, 0.717) is 18.2 Å². The smallest absolute Gasteiger partial charge is 0.252 e. The van der Waals surface area contributed by atoms with Gasteiger partial charge in [-0.1, -0.05) is 36.8 Å². The third-order valence-electron chi connectivity index (χ3n) is 2.72. The Kier molecular flexibility index (Phi) is 3.77. The Morgan fingerprint density at radius 1 is 1.28 bits per heavy atom. The van der Waals surface area contributed by atoms with Crippen molar-refractivity contribution in [3.63, 3.8) is 0 Å². The molecule has 2 aromatic rings. The third-order valence-corrected chi connectivity index (χ3v) is 2.72. The molecule has 0 bridgehead atoms. The number of nitrogens with one attached hydrogen (secondary N) is 2. The van der Waals surface area contributed by atoms with Gasteiger partial charge >= 0.3 is 0 Å². The molecule has 4 nitrogen and oxygen atoms in total. The summed E-state index contributed by atoms with van der Waals surface area (Å²) in [5.41, 5.74) is 2.29. The molecule has 94 valence electrons. The van der Waals surface area contributed by atoms with Gasteiger partial charge in [0.15, 0.2) is 0 Å². The summed E-state index contributed by atoms with van der Waals surface area (Å²) in [7, 11) is 0. The Balaban J connectivity index is 2.08. The van der Waals surface area contributed by atoms with Crippen LogP contribution >= 0.6 is 0 Å². The van der Waals surface area contributed by atoms with Crippen LogP contribution in [0.3, 0.4) is 0 Å². The highest BCUT2D eigenvalue weighted by atomic mass is 16.1. The highest BCUT2D eigenvalue weighted by molar-refractivity contribution is 5.35. The first-order valence-corrected chi connectivity index (χ1v) is 6.07. The number of aromatic amines is 1. The quantitative estimate of drug-likeness (QED) is 0.866. The van der Waals surface area contributed by atoms with Crippen molar-refractivity contribution in [1.82, 2.24) is 9.97 Å². The van der Waals surface area contributed by atoms with Crippen molar-refractivity contribution in [3.8, 4) is 0 Å². The summed E-state index contributed by atoms with van der Waals surface area (Å²) in [4.78, 5) is 18.4. The lowest BCUT2D eigenvalue weighted by molar-refractivity contribution is 0.914. The third kappa shape index (κ3) is 3.20. The Morgan fingerprint density at radius 3 is 2.67 bits per heavy atom. The van der Waals surface area contributed by atoms with Crippen LogP contribution in [0.2, 0.25) is 0 Å². The molecule has 2 rings (SSSR count). The molecule has 4 heteroatoms. The predicted octanol–water partition coefficient (Wildman–Crippen LogP) is 2.25. The number of hydrogen-bond acceptors (Lipinski definition) is 3. The molecule has 0 radical (unpaired) electrons. The molecule has 1 aromatic carbocycles. The van der Waals surface area contributed by atoms with Crippen LogP contribution in [0.5, 0.6) is 0 Å². The topological polar surface area (TPSA) is 57.8 Å². The van der Waals surface area contributed by atoms with Crippen LogP contribution in [0, 0.1) is 6.92 Å². The van der Waals surface area contributed by atoms with Crippen LogP contribution in [0.4, 0.5) is 5.82 Å². The van der Waals surface area contributed by atoms with Gasteiger partial charge in [-0.3, -0.25) is 4.79 Å². The second-order valence-corrected chi connectivity index (χ2v) is 4.27. The van der Waals surface area contributed by atoms with E-state index in [1.54, 1.807) is 0 Å². The van der Waals surface area contributed by atoms with Gasteiger partial charge in [-0.15, -0.1) is 0 Å². The molecule has 0 unspecified atom stereocenters. The Bertz CT molecular complexity index is 572. The van der Waals surface area contributed by atoms with E-state index < -0.39 is 0 Å². The Hall–Kier alpha value is -2.10. The number of H-pyrrole nitrogens is 1. The van der Waals surface area contributed by atoms with E-state index in [4.69, 9.17) is 0 Å². The van der Waals surface area contributed by atoms with Gasteiger partial charge in [0.1, 0.15) is 11.6 Å². The van der Waals surface area contributed by atoms with Crippen LogP contribution in [0.1, 0.15) is 23.9 Å².